The predicted molar refractivity (Wildman–Crippen MR) is 103 cm³/mol. The third kappa shape index (κ3) is 6.84. The zero-order valence-corrected chi connectivity index (χ0v) is 16.3. The fourth-order valence-corrected chi connectivity index (χ4v) is 3.70. The Labute approximate surface area is 156 Å². The van der Waals surface area contributed by atoms with Crippen molar-refractivity contribution in [2.45, 2.75) is 32.6 Å². The number of anilines is 1. The molecule has 2 amide bonds. The van der Waals surface area contributed by atoms with Gasteiger partial charge < -0.3 is 15.4 Å². The number of amides is 2. The summed E-state index contributed by atoms with van der Waals surface area (Å²) in [5.74, 6) is 1.09. The van der Waals surface area contributed by atoms with Gasteiger partial charge in [-0.3, -0.25) is 0 Å². The number of sulfonamides is 1. The van der Waals surface area contributed by atoms with Gasteiger partial charge in [-0.25, -0.2) is 17.5 Å². The minimum Gasteiger partial charge on any atom is -0.494 e. The van der Waals surface area contributed by atoms with Crippen LogP contribution in [-0.4, -0.2) is 51.3 Å². The highest BCUT2D eigenvalue weighted by molar-refractivity contribution is 7.88. The van der Waals surface area contributed by atoms with Crippen LogP contribution in [0.5, 0.6) is 5.75 Å². The van der Waals surface area contributed by atoms with Crippen molar-refractivity contribution >= 4 is 21.7 Å². The lowest BCUT2D eigenvalue weighted by molar-refractivity contribution is 0.241. The Kier molecular flexibility index (Phi) is 7.71. The van der Waals surface area contributed by atoms with Gasteiger partial charge in [0.05, 0.1) is 12.9 Å². The van der Waals surface area contributed by atoms with Gasteiger partial charge in [-0.05, 0) is 49.4 Å². The van der Waals surface area contributed by atoms with E-state index in [1.165, 1.54) is 10.6 Å². The summed E-state index contributed by atoms with van der Waals surface area (Å²) in [6.07, 6.45) is 4.87. The molecule has 0 atom stereocenters. The first-order valence-electron chi connectivity index (χ1n) is 9.11. The van der Waals surface area contributed by atoms with E-state index in [-0.39, 0.29) is 6.03 Å². The number of nitrogens with one attached hydrogen (secondary N) is 2. The van der Waals surface area contributed by atoms with Crippen LogP contribution in [0.25, 0.3) is 0 Å². The van der Waals surface area contributed by atoms with E-state index in [1.807, 2.05) is 24.3 Å². The molecule has 7 nitrogen and oxygen atoms in total. The molecular formula is C18H29N3O4S. The second kappa shape index (κ2) is 9.78. The number of nitrogens with zero attached hydrogens (tertiary/aromatic N) is 1. The maximum Gasteiger partial charge on any atom is 0.319 e. The van der Waals surface area contributed by atoms with E-state index < -0.39 is 10.0 Å². The lowest BCUT2D eigenvalue weighted by Crippen LogP contribution is -2.41. The summed E-state index contributed by atoms with van der Waals surface area (Å²) in [4.78, 5) is 12.0. The Morgan fingerprint density at radius 2 is 1.88 bits per heavy atom. The van der Waals surface area contributed by atoms with Crippen LogP contribution in [0, 0.1) is 5.92 Å². The number of carbonyl (C=O) groups excluding carboxylic acids is 1. The molecule has 26 heavy (non-hydrogen) atoms. The summed E-state index contributed by atoms with van der Waals surface area (Å²) in [5, 5.41) is 5.66. The molecule has 0 bridgehead atoms. The van der Waals surface area contributed by atoms with Gasteiger partial charge in [0.25, 0.3) is 0 Å². The van der Waals surface area contributed by atoms with Crippen LogP contribution in [0.2, 0.25) is 0 Å². The Hall–Kier alpha value is -1.80. The number of hydrogen-bond acceptors (Lipinski definition) is 4. The van der Waals surface area contributed by atoms with Crippen molar-refractivity contribution in [2.24, 2.45) is 5.92 Å². The molecular weight excluding hydrogens is 354 g/mol. The lowest BCUT2D eigenvalue weighted by Gasteiger charge is -2.30. The van der Waals surface area contributed by atoms with E-state index in [9.17, 15) is 13.2 Å². The molecule has 0 spiro atoms. The molecule has 1 saturated heterocycles. The quantitative estimate of drug-likeness (QED) is 0.676. The molecule has 1 aliphatic heterocycles. The number of urea groups is 1. The highest BCUT2D eigenvalue weighted by Crippen LogP contribution is 2.19. The maximum absolute atomic E-state index is 12.0. The smallest absolute Gasteiger partial charge is 0.319 e. The monoisotopic (exact) mass is 383 g/mol. The Morgan fingerprint density at radius 3 is 2.46 bits per heavy atom. The summed E-state index contributed by atoms with van der Waals surface area (Å²) in [5.41, 5.74) is 0.706. The van der Waals surface area contributed by atoms with Crippen molar-refractivity contribution in [3.63, 3.8) is 0 Å². The SMILES string of the molecule is CCCCOc1ccc(NC(=O)NCC2CCN(S(C)(=O)=O)CC2)cc1. The Balaban J connectivity index is 1.69. The zero-order chi connectivity index (χ0) is 19.0. The molecule has 0 saturated carbocycles. The van der Waals surface area contributed by atoms with Crippen LogP contribution in [-0.2, 0) is 10.0 Å². The van der Waals surface area contributed by atoms with Gasteiger partial charge in [0, 0.05) is 25.3 Å². The molecule has 2 rings (SSSR count). The summed E-state index contributed by atoms with van der Waals surface area (Å²) in [7, 11) is -3.11. The van der Waals surface area contributed by atoms with Gasteiger partial charge in [0.2, 0.25) is 10.0 Å². The maximum atomic E-state index is 12.0. The highest BCUT2D eigenvalue weighted by Gasteiger charge is 2.24. The largest absolute Gasteiger partial charge is 0.494 e. The van der Waals surface area contributed by atoms with Crippen LogP contribution in [0.15, 0.2) is 24.3 Å². The fourth-order valence-electron chi connectivity index (χ4n) is 2.83. The molecule has 0 unspecified atom stereocenters. The zero-order valence-electron chi connectivity index (χ0n) is 15.5. The number of carbonyl (C=O) groups is 1. The second-order valence-corrected chi connectivity index (χ2v) is 8.65. The van der Waals surface area contributed by atoms with Crippen LogP contribution < -0.4 is 15.4 Å². The van der Waals surface area contributed by atoms with Gasteiger partial charge in [-0.1, -0.05) is 13.3 Å². The van der Waals surface area contributed by atoms with Gasteiger partial charge in [-0.15, -0.1) is 0 Å². The van der Waals surface area contributed by atoms with Crippen molar-refractivity contribution in [1.29, 1.82) is 0 Å². The molecule has 2 N–H and O–H groups in total. The van der Waals surface area contributed by atoms with Crippen molar-refractivity contribution in [3.8, 4) is 5.75 Å². The number of benzene rings is 1. The summed E-state index contributed by atoms with van der Waals surface area (Å²) in [6.45, 7) is 4.39. The number of hydrogen-bond donors (Lipinski definition) is 2. The summed E-state index contributed by atoms with van der Waals surface area (Å²) < 4.78 is 30.1. The molecule has 146 valence electrons. The number of piperidine rings is 1. The van der Waals surface area contributed by atoms with E-state index in [0.717, 1.165) is 31.4 Å². The molecule has 0 aliphatic carbocycles. The minimum atomic E-state index is -3.11. The average Bonchev–Trinajstić information content (AvgIpc) is 2.61. The molecule has 0 radical (unpaired) electrons. The van der Waals surface area contributed by atoms with Crippen molar-refractivity contribution < 1.29 is 17.9 Å². The number of ether oxygens (including phenoxy) is 1. The first-order valence-corrected chi connectivity index (χ1v) is 11.0. The number of unbranched alkanes of at least 4 members (excludes halogenated alkanes) is 1. The lowest BCUT2D eigenvalue weighted by atomic mass is 9.98. The molecule has 1 aliphatic rings. The Bertz CT molecular complexity index is 668. The Morgan fingerprint density at radius 1 is 1.23 bits per heavy atom. The van der Waals surface area contributed by atoms with Crippen LogP contribution in [0.3, 0.4) is 0 Å². The molecule has 1 aromatic rings. The molecule has 0 aromatic heterocycles. The first kappa shape index (κ1) is 20.5. The van der Waals surface area contributed by atoms with E-state index in [2.05, 4.69) is 17.6 Å². The van der Waals surface area contributed by atoms with Gasteiger partial charge in [0.15, 0.2) is 0 Å². The molecule has 1 heterocycles. The van der Waals surface area contributed by atoms with E-state index in [4.69, 9.17) is 4.74 Å². The van der Waals surface area contributed by atoms with E-state index >= 15 is 0 Å². The summed E-state index contributed by atoms with van der Waals surface area (Å²) in [6, 6.07) is 7.05. The van der Waals surface area contributed by atoms with E-state index in [0.29, 0.717) is 37.8 Å². The van der Waals surface area contributed by atoms with Gasteiger partial charge in [0.1, 0.15) is 5.75 Å². The van der Waals surface area contributed by atoms with Crippen molar-refractivity contribution in [2.75, 3.05) is 37.8 Å². The fraction of sp³-hybridized carbons (Fsp3) is 0.611. The van der Waals surface area contributed by atoms with E-state index in [1.54, 1.807) is 0 Å². The molecule has 1 fully saturated rings. The van der Waals surface area contributed by atoms with Crippen LogP contribution >= 0.6 is 0 Å². The van der Waals surface area contributed by atoms with Crippen LogP contribution in [0.4, 0.5) is 10.5 Å². The second-order valence-electron chi connectivity index (χ2n) is 6.67. The van der Waals surface area contributed by atoms with Gasteiger partial charge in [-0.2, -0.15) is 0 Å². The minimum absolute atomic E-state index is 0.254. The topological polar surface area (TPSA) is 87.7 Å². The molecule has 1 aromatic carbocycles. The first-order chi connectivity index (χ1) is 12.4. The highest BCUT2D eigenvalue weighted by atomic mass is 32.2. The normalized spacial score (nSPS) is 16.2. The van der Waals surface area contributed by atoms with Gasteiger partial charge >= 0.3 is 6.03 Å². The average molecular weight is 384 g/mol. The number of rotatable bonds is 8. The third-order valence-electron chi connectivity index (χ3n) is 4.47. The third-order valence-corrected chi connectivity index (χ3v) is 5.78. The predicted octanol–water partition coefficient (Wildman–Crippen LogP) is 2.66. The van der Waals surface area contributed by atoms with Crippen molar-refractivity contribution in [1.82, 2.24) is 9.62 Å². The van der Waals surface area contributed by atoms with Crippen molar-refractivity contribution in [3.05, 3.63) is 24.3 Å². The van der Waals surface area contributed by atoms with Crippen LogP contribution in [0.1, 0.15) is 32.6 Å². The standard InChI is InChI=1S/C18H29N3O4S/c1-3-4-13-25-17-7-5-16(6-8-17)20-18(22)19-14-15-9-11-21(12-10-15)26(2,23)24/h5-8,15H,3-4,9-14H2,1-2H3,(H2,19,20,22). The molecule has 8 heteroatoms. The summed E-state index contributed by atoms with van der Waals surface area (Å²) >= 11 is 0.